The third-order valence-electron chi connectivity index (χ3n) is 3.91. The van der Waals surface area contributed by atoms with E-state index >= 15 is 0 Å². The monoisotopic (exact) mass is 338 g/mol. The van der Waals surface area contributed by atoms with Gasteiger partial charge in [0.05, 0.1) is 23.3 Å². The fourth-order valence-electron chi connectivity index (χ4n) is 2.56. The number of nitrogens with zero attached hydrogens (tertiary/aromatic N) is 3. The van der Waals surface area contributed by atoms with E-state index in [1.807, 2.05) is 10.8 Å². The molecule has 0 aliphatic rings. The maximum Gasteiger partial charge on any atom is 0.253 e. The summed E-state index contributed by atoms with van der Waals surface area (Å²) in [4.78, 5) is 20.7. The van der Waals surface area contributed by atoms with E-state index in [2.05, 4.69) is 15.3 Å². The third-order valence-corrected chi connectivity index (χ3v) is 3.91. The maximum atomic E-state index is 13.0. The quantitative estimate of drug-likeness (QED) is 0.702. The van der Waals surface area contributed by atoms with Crippen molar-refractivity contribution < 1.29 is 9.18 Å². The lowest BCUT2D eigenvalue weighted by atomic mass is 10.1. The molecule has 0 unspecified atom stereocenters. The minimum atomic E-state index is -0.285. The van der Waals surface area contributed by atoms with Gasteiger partial charge in [-0.25, -0.2) is 9.37 Å². The fourth-order valence-corrected chi connectivity index (χ4v) is 2.56. The van der Waals surface area contributed by atoms with Gasteiger partial charge in [-0.05, 0) is 49.7 Å². The van der Waals surface area contributed by atoms with Crippen molar-refractivity contribution in [1.29, 1.82) is 0 Å². The SMILES string of the molecule is Cc1nc(-c2ccc(F)cc2)ccc1C(=O)NCCCn1ccnc1. The number of aryl methyl sites for hydroxylation is 2. The number of halogens is 1. The molecule has 0 saturated heterocycles. The average molecular weight is 338 g/mol. The summed E-state index contributed by atoms with van der Waals surface area (Å²) in [5, 5.41) is 2.91. The highest BCUT2D eigenvalue weighted by molar-refractivity contribution is 5.95. The van der Waals surface area contributed by atoms with Gasteiger partial charge < -0.3 is 9.88 Å². The normalized spacial score (nSPS) is 10.6. The first-order valence-electron chi connectivity index (χ1n) is 8.11. The van der Waals surface area contributed by atoms with Gasteiger partial charge in [-0.2, -0.15) is 0 Å². The number of aromatic nitrogens is 3. The van der Waals surface area contributed by atoms with Crippen LogP contribution in [0.4, 0.5) is 4.39 Å². The summed E-state index contributed by atoms with van der Waals surface area (Å²) in [6.07, 6.45) is 6.20. The van der Waals surface area contributed by atoms with Crippen molar-refractivity contribution in [3.8, 4) is 11.3 Å². The zero-order valence-corrected chi connectivity index (χ0v) is 13.9. The first kappa shape index (κ1) is 16.8. The molecule has 0 spiro atoms. The molecule has 5 nitrogen and oxygen atoms in total. The molecule has 0 atom stereocenters. The van der Waals surface area contributed by atoms with Crippen molar-refractivity contribution in [1.82, 2.24) is 19.9 Å². The molecule has 2 heterocycles. The molecular weight excluding hydrogens is 319 g/mol. The molecule has 3 rings (SSSR count). The lowest BCUT2D eigenvalue weighted by Gasteiger charge is -2.09. The lowest BCUT2D eigenvalue weighted by Crippen LogP contribution is -2.26. The Morgan fingerprint density at radius 1 is 1.20 bits per heavy atom. The topological polar surface area (TPSA) is 59.8 Å². The van der Waals surface area contributed by atoms with Crippen molar-refractivity contribution in [3.63, 3.8) is 0 Å². The van der Waals surface area contributed by atoms with Crippen molar-refractivity contribution in [3.05, 3.63) is 72.2 Å². The van der Waals surface area contributed by atoms with Crippen LogP contribution in [0, 0.1) is 12.7 Å². The van der Waals surface area contributed by atoms with Crippen LogP contribution in [-0.4, -0.2) is 27.0 Å². The first-order chi connectivity index (χ1) is 12.1. The number of benzene rings is 1. The fraction of sp³-hybridized carbons (Fsp3) is 0.211. The Labute approximate surface area is 145 Å². The van der Waals surface area contributed by atoms with Gasteiger partial charge in [0.2, 0.25) is 0 Å². The Hall–Kier alpha value is -3.02. The average Bonchev–Trinajstić information content (AvgIpc) is 3.12. The van der Waals surface area contributed by atoms with Crippen LogP contribution < -0.4 is 5.32 Å². The number of hydrogen-bond acceptors (Lipinski definition) is 3. The molecule has 0 radical (unpaired) electrons. The number of hydrogen-bond donors (Lipinski definition) is 1. The van der Waals surface area contributed by atoms with Crippen molar-refractivity contribution in [2.24, 2.45) is 0 Å². The van der Waals surface area contributed by atoms with Crippen LogP contribution in [-0.2, 0) is 6.54 Å². The molecule has 0 aliphatic carbocycles. The van der Waals surface area contributed by atoms with Crippen molar-refractivity contribution in [2.75, 3.05) is 6.54 Å². The molecular formula is C19H19FN4O. The van der Waals surface area contributed by atoms with E-state index < -0.39 is 0 Å². The summed E-state index contributed by atoms with van der Waals surface area (Å²) in [6.45, 7) is 3.19. The van der Waals surface area contributed by atoms with Crippen LogP contribution in [0.3, 0.4) is 0 Å². The van der Waals surface area contributed by atoms with E-state index in [9.17, 15) is 9.18 Å². The van der Waals surface area contributed by atoms with Gasteiger partial charge in [0, 0.05) is 31.0 Å². The molecule has 0 aliphatic heterocycles. The number of amides is 1. The first-order valence-corrected chi connectivity index (χ1v) is 8.11. The molecule has 1 amide bonds. The largest absolute Gasteiger partial charge is 0.352 e. The van der Waals surface area contributed by atoms with Gasteiger partial charge in [-0.15, -0.1) is 0 Å². The molecule has 1 aromatic carbocycles. The predicted molar refractivity (Wildman–Crippen MR) is 93.5 cm³/mol. The number of rotatable bonds is 6. The van der Waals surface area contributed by atoms with Crippen LogP contribution in [0.2, 0.25) is 0 Å². The predicted octanol–water partition coefficient (Wildman–Crippen LogP) is 3.21. The van der Waals surface area contributed by atoms with Crippen LogP contribution in [0.1, 0.15) is 22.5 Å². The molecule has 0 bridgehead atoms. The van der Waals surface area contributed by atoms with E-state index in [4.69, 9.17) is 0 Å². The number of pyridine rings is 1. The molecule has 6 heteroatoms. The Morgan fingerprint density at radius 2 is 2.00 bits per heavy atom. The Morgan fingerprint density at radius 3 is 2.68 bits per heavy atom. The van der Waals surface area contributed by atoms with E-state index in [0.29, 0.717) is 23.5 Å². The van der Waals surface area contributed by atoms with E-state index in [1.165, 1.54) is 12.1 Å². The molecule has 3 aromatic rings. The molecule has 0 saturated carbocycles. The molecule has 2 aromatic heterocycles. The second-order valence-electron chi connectivity index (χ2n) is 5.75. The van der Waals surface area contributed by atoms with Crippen LogP contribution in [0.5, 0.6) is 0 Å². The third kappa shape index (κ3) is 4.29. The second kappa shape index (κ2) is 7.70. The molecule has 25 heavy (non-hydrogen) atoms. The Bertz CT molecular complexity index is 844. The minimum absolute atomic E-state index is 0.138. The zero-order chi connectivity index (χ0) is 17.6. The number of nitrogens with one attached hydrogen (secondary N) is 1. The highest BCUT2D eigenvalue weighted by atomic mass is 19.1. The molecule has 128 valence electrons. The number of carbonyl (C=O) groups excluding carboxylic acids is 1. The summed E-state index contributed by atoms with van der Waals surface area (Å²) < 4.78 is 15.0. The second-order valence-corrected chi connectivity index (χ2v) is 5.75. The number of imidazole rings is 1. The van der Waals surface area contributed by atoms with Crippen LogP contribution in [0.25, 0.3) is 11.3 Å². The van der Waals surface area contributed by atoms with Crippen LogP contribution >= 0.6 is 0 Å². The summed E-state index contributed by atoms with van der Waals surface area (Å²) in [5.41, 5.74) is 2.73. The summed E-state index contributed by atoms with van der Waals surface area (Å²) in [5.74, 6) is -0.423. The molecule has 0 fully saturated rings. The summed E-state index contributed by atoms with van der Waals surface area (Å²) >= 11 is 0. The van der Waals surface area contributed by atoms with Crippen LogP contribution in [0.15, 0.2) is 55.1 Å². The Kier molecular flexibility index (Phi) is 5.18. The number of carbonyl (C=O) groups is 1. The van der Waals surface area contributed by atoms with Crippen molar-refractivity contribution in [2.45, 2.75) is 19.9 Å². The van der Waals surface area contributed by atoms with E-state index in [0.717, 1.165) is 18.5 Å². The highest BCUT2D eigenvalue weighted by Crippen LogP contribution is 2.19. The van der Waals surface area contributed by atoms with Gasteiger partial charge in [-0.1, -0.05) is 0 Å². The van der Waals surface area contributed by atoms with Gasteiger partial charge in [0.1, 0.15) is 5.82 Å². The Balaban J connectivity index is 1.60. The van der Waals surface area contributed by atoms with Crippen molar-refractivity contribution >= 4 is 5.91 Å². The van der Waals surface area contributed by atoms with Gasteiger partial charge in [0.25, 0.3) is 5.91 Å². The summed E-state index contributed by atoms with van der Waals surface area (Å²) in [6, 6.07) is 9.67. The lowest BCUT2D eigenvalue weighted by molar-refractivity contribution is 0.0951. The van der Waals surface area contributed by atoms with Gasteiger partial charge in [-0.3, -0.25) is 9.78 Å². The van der Waals surface area contributed by atoms with Gasteiger partial charge in [0.15, 0.2) is 0 Å². The zero-order valence-electron chi connectivity index (χ0n) is 13.9. The standard InChI is InChI=1S/C19H19FN4O/c1-14-17(19(25)22-9-2-11-24-12-10-21-13-24)7-8-18(23-14)15-3-5-16(20)6-4-15/h3-8,10,12-13H,2,9,11H2,1H3,(H,22,25). The minimum Gasteiger partial charge on any atom is -0.352 e. The smallest absolute Gasteiger partial charge is 0.253 e. The highest BCUT2D eigenvalue weighted by Gasteiger charge is 2.11. The summed E-state index contributed by atoms with van der Waals surface area (Å²) in [7, 11) is 0. The van der Waals surface area contributed by atoms with E-state index in [-0.39, 0.29) is 11.7 Å². The maximum absolute atomic E-state index is 13.0. The molecule has 1 N–H and O–H groups in total. The van der Waals surface area contributed by atoms with Gasteiger partial charge >= 0.3 is 0 Å². The van der Waals surface area contributed by atoms with E-state index in [1.54, 1.807) is 43.7 Å².